The van der Waals surface area contributed by atoms with Gasteiger partial charge in [-0.05, 0) is 37.3 Å². The van der Waals surface area contributed by atoms with E-state index in [4.69, 9.17) is 18.0 Å². The minimum Gasteiger partial charge on any atom is -0.389 e. The van der Waals surface area contributed by atoms with Gasteiger partial charge in [-0.3, -0.25) is 4.98 Å². The summed E-state index contributed by atoms with van der Waals surface area (Å²) in [6, 6.07) is 11.8. The smallest absolute Gasteiger partial charge is 0.106 e. The summed E-state index contributed by atoms with van der Waals surface area (Å²) in [5, 5.41) is 3.38. The summed E-state index contributed by atoms with van der Waals surface area (Å²) >= 11 is 8.50. The van der Waals surface area contributed by atoms with Crippen LogP contribution in [-0.2, 0) is 0 Å². The van der Waals surface area contributed by atoms with Crippen LogP contribution in [0.2, 0.25) is 0 Å². The standard InChI is InChI=1S/C14H14BrN3S/c1-9(12-4-2-3-7-17-12)18-13-6-5-10(15)8-11(13)14(16)19/h2-9,18H,1H3,(H2,16,19). The quantitative estimate of drug-likeness (QED) is 0.837. The maximum absolute atomic E-state index is 5.75. The Bertz CT molecular complexity index is 586. The van der Waals surface area contributed by atoms with Gasteiger partial charge in [0.2, 0.25) is 0 Å². The average Bonchev–Trinajstić information content (AvgIpc) is 2.41. The molecule has 0 radical (unpaired) electrons. The summed E-state index contributed by atoms with van der Waals surface area (Å²) < 4.78 is 0.950. The average molecular weight is 336 g/mol. The number of hydrogen-bond acceptors (Lipinski definition) is 3. The van der Waals surface area contributed by atoms with Gasteiger partial charge < -0.3 is 11.1 Å². The molecule has 2 rings (SSSR count). The van der Waals surface area contributed by atoms with E-state index in [2.05, 4.69) is 26.2 Å². The number of pyridine rings is 1. The third kappa shape index (κ3) is 3.52. The van der Waals surface area contributed by atoms with Gasteiger partial charge in [-0.25, -0.2) is 0 Å². The fourth-order valence-electron chi connectivity index (χ4n) is 1.79. The predicted octanol–water partition coefficient (Wildman–Crippen LogP) is 3.65. The topological polar surface area (TPSA) is 50.9 Å². The molecule has 19 heavy (non-hydrogen) atoms. The maximum Gasteiger partial charge on any atom is 0.106 e. The maximum atomic E-state index is 5.75. The molecule has 1 aromatic carbocycles. The van der Waals surface area contributed by atoms with E-state index in [0.717, 1.165) is 21.4 Å². The lowest BCUT2D eigenvalue weighted by molar-refractivity contribution is 0.839. The first-order valence-electron chi connectivity index (χ1n) is 5.84. The Hall–Kier alpha value is -1.46. The van der Waals surface area contributed by atoms with Crippen molar-refractivity contribution in [1.29, 1.82) is 0 Å². The highest BCUT2D eigenvalue weighted by Gasteiger charge is 2.11. The van der Waals surface area contributed by atoms with Crippen LogP contribution in [0.5, 0.6) is 0 Å². The highest BCUT2D eigenvalue weighted by molar-refractivity contribution is 9.10. The highest BCUT2D eigenvalue weighted by Crippen LogP contribution is 2.24. The first-order chi connectivity index (χ1) is 9.08. The van der Waals surface area contributed by atoms with E-state index in [-0.39, 0.29) is 6.04 Å². The summed E-state index contributed by atoms with van der Waals surface area (Å²) in [5.74, 6) is 0. The van der Waals surface area contributed by atoms with Gasteiger partial charge in [0.15, 0.2) is 0 Å². The van der Waals surface area contributed by atoms with Crippen LogP contribution < -0.4 is 11.1 Å². The summed E-state index contributed by atoms with van der Waals surface area (Å²) in [5.41, 5.74) is 8.46. The van der Waals surface area contributed by atoms with Crippen molar-refractivity contribution in [2.45, 2.75) is 13.0 Å². The summed E-state index contributed by atoms with van der Waals surface area (Å²) in [6.07, 6.45) is 1.78. The lowest BCUT2D eigenvalue weighted by Crippen LogP contribution is -2.15. The van der Waals surface area contributed by atoms with Crippen LogP contribution in [0.25, 0.3) is 0 Å². The van der Waals surface area contributed by atoms with Gasteiger partial charge >= 0.3 is 0 Å². The zero-order valence-electron chi connectivity index (χ0n) is 10.4. The molecule has 0 spiro atoms. The van der Waals surface area contributed by atoms with Crippen LogP contribution >= 0.6 is 28.1 Å². The first kappa shape index (κ1) is 14.0. The van der Waals surface area contributed by atoms with Crippen molar-refractivity contribution in [3.63, 3.8) is 0 Å². The largest absolute Gasteiger partial charge is 0.389 e. The highest BCUT2D eigenvalue weighted by atomic mass is 79.9. The normalized spacial score (nSPS) is 11.9. The Morgan fingerprint density at radius 3 is 2.79 bits per heavy atom. The van der Waals surface area contributed by atoms with Crippen LogP contribution in [0.15, 0.2) is 47.1 Å². The Morgan fingerprint density at radius 1 is 1.37 bits per heavy atom. The molecule has 0 fully saturated rings. The second-order valence-corrected chi connectivity index (χ2v) is 5.53. The number of nitrogens with zero attached hydrogens (tertiary/aromatic N) is 1. The fraction of sp³-hybridized carbons (Fsp3) is 0.143. The first-order valence-corrected chi connectivity index (χ1v) is 7.05. The molecule has 0 aliphatic rings. The Labute approximate surface area is 126 Å². The van der Waals surface area contributed by atoms with Crippen molar-refractivity contribution in [2.75, 3.05) is 5.32 Å². The number of benzene rings is 1. The Morgan fingerprint density at radius 2 is 2.16 bits per heavy atom. The number of halogens is 1. The lowest BCUT2D eigenvalue weighted by atomic mass is 10.1. The molecular formula is C14H14BrN3S. The van der Waals surface area contributed by atoms with Crippen molar-refractivity contribution in [2.24, 2.45) is 5.73 Å². The monoisotopic (exact) mass is 335 g/mol. The number of nitrogens with one attached hydrogen (secondary N) is 1. The van der Waals surface area contributed by atoms with Crippen LogP contribution in [0.1, 0.15) is 24.2 Å². The third-order valence-corrected chi connectivity index (χ3v) is 3.46. The number of hydrogen-bond donors (Lipinski definition) is 2. The van der Waals surface area contributed by atoms with Gasteiger partial charge in [0.25, 0.3) is 0 Å². The van der Waals surface area contributed by atoms with E-state index < -0.39 is 0 Å². The molecule has 3 N–H and O–H groups in total. The third-order valence-electron chi connectivity index (χ3n) is 2.75. The second kappa shape index (κ2) is 6.12. The summed E-state index contributed by atoms with van der Waals surface area (Å²) in [4.78, 5) is 4.70. The van der Waals surface area contributed by atoms with Crippen LogP contribution in [0.4, 0.5) is 5.69 Å². The molecule has 3 nitrogen and oxygen atoms in total. The Kier molecular flexibility index (Phi) is 4.50. The molecule has 0 aliphatic heterocycles. The van der Waals surface area contributed by atoms with E-state index in [1.807, 2.05) is 43.3 Å². The van der Waals surface area contributed by atoms with E-state index >= 15 is 0 Å². The molecular weight excluding hydrogens is 322 g/mol. The molecule has 0 aliphatic carbocycles. The molecule has 1 heterocycles. The van der Waals surface area contributed by atoms with Gasteiger partial charge in [0.1, 0.15) is 4.99 Å². The van der Waals surface area contributed by atoms with Gasteiger partial charge in [0.05, 0.1) is 11.7 Å². The fourth-order valence-corrected chi connectivity index (χ4v) is 2.32. The minimum atomic E-state index is 0.0791. The van der Waals surface area contributed by atoms with Gasteiger partial charge in [-0.2, -0.15) is 0 Å². The van der Waals surface area contributed by atoms with Crippen molar-refractivity contribution in [1.82, 2.24) is 4.98 Å². The number of anilines is 1. The molecule has 0 bridgehead atoms. The van der Waals surface area contributed by atoms with E-state index in [0.29, 0.717) is 4.99 Å². The summed E-state index contributed by atoms with van der Waals surface area (Å²) in [7, 11) is 0. The molecule has 1 atom stereocenters. The van der Waals surface area contributed by atoms with Crippen molar-refractivity contribution in [3.8, 4) is 0 Å². The molecule has 1 aromatic heterocycles. The number of thiocarbonyl (C=S) groups is 1. The molecule has 2 aromatic rings. The van der Waals surface area contributed by atoms with Crippen molar-refractivity contribution < 1.29 is 0 Å². The van der Waals surface area contributed by atoms with Crippen LogP contribution in [0, 0.1) is 0 Å². The SMILES string of the molecule is CC(Nc1ccc(Br)cc1C(N)=S)c1ccccn1. The summed E-state index contributed by atoms with van der Waals surface area (Å²) in [6.45, 7) is 2.05. The zero-order valence-corrected chi connectivity index (χ0v) is 12.8. The predicted molar refractivity (Wildman–Crippen MR) is 86.3 cm³/mol. The minimum absolute atomic E-state index is 0.0791. The van der Waals surface area contributed by atoms with Gasteiger partial charge in [-0.1, -0.05) is 34.2 Å². The number of rotatable bonds is 4. The number of nitrogens with two attached hydrogens (primary N) is 1. The van der Waals surface area contributed by atoms with Crippen molar-refractivity contribution in [3.05, 3.63) is 58.3 Å². The molecule has 0 saturated heterocycles. The molecule has 0 saturated carbocycles. The zero-order chi connectivity index (χ0) is 13.8. The van der Waals surface area contributed by atoms with E-state index in [9.17, 15) is 0 Å². The second-order valence-electron chi connectivity index (χ2n) is 4.17. The van der Waals surface area contributed by atoms with E-state index in [1.165, 1.54) is 0 Å². The molecule has 1 unspecified atom stereocenters. The lowest BCUT2D eigenvalue weighted by Gasteiger charge is -2.17. The molecule has 0 amide bonds. The van der Waals surface area contributed by atoms with E-state index in [1.54, 1.807) is 6.20 Å². The van der Waals surface area contributed by atoms with Crippen LogP contribution in [0.3, 0.4) is 0 Å². The number of aromatic nitrogens is 1. The van der Waals surface area contributed by atoms with Gasteiger partial charge in [0, 0.05) is 21.9 Å². The van der Waals surface area contributed by atoms with Gasteiger partial charge in [-0.15, -0.1) is 0 Å². The van der Waals surface area contributed by atoms with Crippen LogP contribution in [-0.4, -0.2) is 9.97 Å². The Balaban J connectivity index is 2.26. The molecule has 98 valence electrons. The molecule has 5 heteroatoms. The van der Waals surface area contributed by atoms with Crippen molar-refractivity contribution >= 4 is 38.8 Å².